The molecule has 0 saturated heterocycles. The summed E-state index contributed by atoms with van der Waals surface area (Å²) in [5.41, 5.74) is 4.96. The van der Waals surface area contributed by atoms with E-state index in [1.807, 2.05) is 6.92 Å². The zero-order valence-corrected chi connectivity index (χ0v) is 12.1. The number of aryl methyl sites for hydroxylation is 2. The molecule has 20 heavy (non-hydrogen) atoms. The lowest BCUT2D eigenvalue weighted by Crippen LogP contribution is -2.33. The average Bonchev–Trinajstić information content (AvgIpc) is 2.40. The summed E-state index contributed by atoms with van der Waals surface area (Å²) in [6.07, 6.45) is 0.649. The summed E-state index contributed by atoms with van der Waals surface area (Å²) in [4.78, 5) is 34.7. The van der Waals surface area contributed by atoms with E-state index in [4.69, 9.17) is 5.73 Å². The molecule has 106 valence electrons. The van der Waals surface area contributed by atoms with Gasteiger partial charge in [0.1, 0.15) is 16.7 Å². The molecule has 2 aromatic heterocycles. The second-order valence-electron chi connectivity index (χ2n) is 4.11. The highest BCUT2D eigenvalue weighted by Gasteiger charge is 2.13. The van der Waals surface area contributed by atoms with Gasteiger partial charge >= 0.3 is 11.1 Å². The Kier molecular flexibility index (Phi) is 3.89. The summed E-state index contributed by atoms with van der Waals surface area (Å²) >= 11 is 1.16. The van der Waals surface area contributed by atoms with Gasteiger partial charge in [0.2, 0.25) is 0 Å². The number of hydrogen-bond donors (Lipinski definition) is 2. The summed E-state index contributed by atoms with van der Waals surface area (Å²) in [6.45, 7) is 3.72. The number of anilines is 1. The molecular formula is C11H14N6O2S. The summed E-state index contributed by atoms with van der Waals surface area (Å²) in [5.74, 6) is 1.01. The van der Waals surface area contributed by atoms with Crippen LogP contribution in [0, 0.1) is 6.92 Å². The van der Waals surface area contributed by atoms with Crippen LogP contribution in [0.3, 0.4) is 0 Å². The van der Waals surface area contributed by atoms with Gasteiger partial charge in [-0.3, -0.25) is 19.4 Å². The number of H-pyrrole nitrogens is 1. The van der Waals surface area contributed by atoms with Gasteiger partial charge in [0.25, 0.3) is 0 Å². The predicted octanol–water partition coefficient (Wildman–Crippen LogP) is -0.137. The first kappa shape index (κ1) is 14.3. The standard InChI is InChI=1S/C11H14N6O2S/c1-4-6-13-7(12)5(2)10(14-6)20-11-15-8(18)9(19)16-17(11)3/h4H2,1-3H3,(H,16,19)(H2,12,13,14). The first-order valence-electron chi connectivity index (χ1n) is 5.90. The fraction of sp³-hybridized carbons (Fsp3) is 0.364. The molecule has 0 aliphatic carbocycles. The van der Waals surface area contributed by atoms with Gasteiger partial charge in [0.15, 0.2) is 5.16 Å². The van der Waals surface area contributed by atoms with E-state index in [0.29, 0.717) is 33.8 Å². The molecule has 0 aromatic carbocycles. The number of hydrogen-bond acceptors (Lipinski definition) is 7. The minimum Gasteiger partial charge on any atom is -0.383 e. The third-order valence-electron chi connectivity index (χ3n) is 2.64. The topological polar surface area (TPSA) is 120 Å². The van der Waals surface area contributed by atoms with Gasteiger partial charge in [0, 0.05) is 19.0 Å². The van der Waals surface area contributed by atoms with E-state index in [-0.39, 0.29) is 0 Å². The molecule has 3 N–H and O–H groups in total. The van der Waals surface area contributed by atoms with E-state index in [1.54, 1.807) is 14.0 Å². The predicted molar refractivity (Wildman–Crippen MR) is 74.8 cm³/mol. The van der Waals surface area contributed by atoms with Crippen molar-refractivity contribution in [3.8, 4) is 0 Å². The van der Waals surface area contributed by atoms with Crippen LogP contribution in [0.4, 0.5) is 5.82 Å². The maximum atomic E-state index is 11.3. The zero-order valence-electron chi connectivity index (χ0n) is 11.3. The lowest BCUT2D eigenvalue weighted by Gasteiger charge is -2.10. The van der Waals surface area contributed by atoms with Crippen LogP contribution in [-0.4, -0.2) is 24.7 Å². The molecule has 0 bridgehead atoms. The van der Waals surface area contributed by atoms with Crippen molar-refractivity contribution in [1.82, 2.24) is 24.7 Å². The monoisotopic (exact) mass is 294 g/mol. The molecule has 2 heterocycles. The molecule has 0 atom stereocenters. The number of nitrogen functional groups attached to an aromatic ring is 1. The van der Waals surface area contributed by atoms with Crippen molar-refractivity contribution in [3.63, 3.8) is 0 Å². The van der Waals surface area contributed by atoms with Crippen molar-refractivity contribution in [2.24, 2.45) is 7.05 Å². The fourth-order valence-electron chi connectivity index (χ4n) is 1.45. The maximum absolute atomic E-state index is 11.3. The Morgan fingerprint density at radius 3 is 2.65 bits per heavy atom. The molecule has 0 radical (unpaired) electrons. The SMILES string of the molecule is CCc1nc(N)c(C)c(Sc2nc(=O)c(=O)[nH]n2C)n1. The van der Waals surface area contributed by atoms with Crippen LogP contribution in [0.15, 0.2) is 19.8 Å². The number of rotatable bonds is 3. The van der Waals surface area contributed by atoms with Crippen molar-refractivity contribution in [1.29, 1.82) is 0 Å². The van der Waals surface area contributed by atoms with Crippen molar-refractivity contribution in [3.05, 3.63) is 32.1 Å². The quantitative estimate of drug-likeness (QED) is 0.597. The van der Waals surface area contributed by atoms with E-state index in [2.05, 4.69) is 20.1 Å². The minimum atomic E-state index is -0.832. The molecular weight excluding hydrogens is 280 g/mol. The Morgan fingerprint density at radius 1 is 1.30 bits per heavy atom. The molecule has 0 fully saturated rings. The molecule has 9 heteroatoms. The highest BCUT2D eigenvalue weighted by Crippen LogP contribution is 2.27. The normalized spacial score (nSPS) is 10.8. The number of aromatic amines is 1. The molecule has 0 aliphatic rings. The van der Waals surface area contributed by atoms with Crippen molar-refractivity contribution >= 4 is 17.6 Å². The van der Waals surface area contributed by atoms with Crippen LogP contribution in [0.2, 0.25) is 0 Å². The van der Waals surface area contributed by atoms with Crippen LogP contribution in [0.5, 0.6) is 0 Å². The number of aromatic nitrogens is 5. The second kappa shape index (κ2) is 5.45. The first-order valence-corrected chi connectivity index (χ1v) is 6.72. The van der Waals surface area contributed by atoms with E-state index >= 15 is 0 Å². The van der Waals surface area contributed by atoms with E-state index in [0.717, 1.165) is 11.8 Å². The third-order valence-corrected chi connectivity index (χ3v) is 3.78. The molecule has 0 amide bonds. The van der Waals surface area contributed by atoms with Gasteiger partial charge in [0.05, 0.1) is 0 Å². The fourth-order valence-corrected chi connectivity index (χ4v) is 2.35. The molecule has 0 spiro atoms. The Bertz CT molecular complexity index is 766. The highest BCUT2D eigenvalue weighted by molar-refractivity contribution is 7.99. The van der Waals surface area contributed by atoms with E-state index < -0.39 is 11.1 Å². The van der Waals surface area contributed by atoms with Crippen LogP contribution in [0.1, 0.15) is 18.3 Å². The van der Waals surface area contributed by atoms with Crippen molar-refractivity contribution in [2.45, 2.75) is 30.5 Å². The zero-order chi connectivity index (χ0) is 14.9. The lowest BCUT2D eigenvalue weighted by atomic mass is 10.3. The third kappa shape index (κ3) is 2.72. The maximum Gasteiger partial charge on any atom is 0.339 e. The van der Waals surface area contributed by atoms with Gasteiger partial charge in [-0.25, -0.2) is 9.97 Å². The molecule has 0 unspecified atom stereocenters. The molecule has 0 aliphatic heterocycles. The Balaban J connectivity index is 2.50. The minimum absolute atomic E-state index is 0.331. The molecule has 2 rings (SSSR count). The first-order chi connectivity index (χ1) is 9.42. The summed E-state index contributed by atoms with van der Waals surface area (Å²) in [6, 6.07) is 0. The second-order valence-corrected chi connectivity index (χ2v) is 5.07. The highest BCUT2D eigenvalue weighted by atomic mass is 32.2. The van der Waals surface area contributed by atoms with Crippen LogP contribution in [-0.2, 0) is 13.5 Å². The Labute approximate surface area is 118 Å². The van der Waals surface area contributed by atoms with Gasteiger partial charge in [-0.2, -0.15) is 4.98 Å². The van der Waals surface area contributed by atoms with Gasteiger partial charge in [-0.05, 0) is 18.7 Å². The number of nitrogens with zero attached hydrogens (tertiary/aromatic N) is 4. The Morgan fingerprint density at radius 2 is 2.00 bits per heavy atom. The summed E-state index contributed by atoms with van der Waals surface area (Å²) < 4.78 is 1.37. The number of nitrogens with one attached hydrogen (secondary N) is 1. The Hall–Kier alpha value is -2.16. The average molecular weight is 294 g/mol. The molecule has 0 saturated carbocycles. The van der Waals surface area contributed by atoms with Gasteiger partial charge in [-0.15, -0.1) is 0 Å². The molecule has 2 aromatic rings. The number of nitrogens with two attached hydrogens (primary N) is 1. The summed E-state index contributed by atoms with van der Waals surface area (Å²) in [5, 5.41) is 3.33. The van der Waals surface area contributed by atoms with Gasteiger partial charge < -0.3 is 5.73 Å². The summed E-state index contributed by atoms with van der Waals surface area (Å²) in [7, 11) is 1.59. The van der Waals surface area contributed by atoms with Crippen molar-refractivity contribution in [2.75, 3.05) is 5.73 Å². The molecule has 8 nitrogen and oxygen atoms in total. The smallest absolute Gasteiger partial charge is 0.339 e. The van der Waals surface area contributed by atoms with Crippen LogP contribution in [0.25, 0.3) is 0 Å². The van der Waals surface area contributed by atoms with E-state index in [9.17, 15) is 9.59 Å². The van der Waals surface area contributed by atoms with E-state index in [1.165, 1.54) is 4.68 Å². The van der Waals surface area contributed by atoms with Gasteiger partial charge in [-0.1, -0.05) is 6.92 Å². The largest absolute Gasteiger partial charge is 0.383 e. The van der Waals surface area contributed by atoms with Crippen molar-refractivity contribution < 1.29 is 0 Å². The van der Waals surface area contributed by atoms with Crippen LogP contribution < -0.4 is 16.9 Å². The van der Waals surface area contributed by atoms with Crippen LogP contribution >= 0.6 is 11.8 Å². The lowest BCUT2D eigenvalue weighted by molar-refractivity contribution is 0.596.